The molecule has 0 spiro atoms. The molecule has 1 heterocycles. The Hall–Kier alpha value is -1.12. The Bertz CT molecular complexity index is 307. The maximum Gasteiger partial charge on any atom is 0.147 e. The Balaban J connectivity index is 1.87. The molecular weight excluding hydrogens is 174 g/mol. The van der Waals surface area contributed by atoms with E-state index in [2.05, 4.69) is 22.2 Å². The highest BCUT2D eigenvalue weighted by molar-refractivity contribution is 5.38. The van der Waals surface area contributed by atoms with E-state index >= 15 is 0 Å². The molecule has 1 atom stereocenters. The molecule has 0 aliphatic heterocycles. The molecule has 1 N–H and O–H groups in total. The van der Waals surface area contributed by atoms with Crippen LogP contribution in [0.25, 0.3) is 0 Å². The summed E-state index contributed by atoms with van der Waals surface area (Å²) in [4.78, 5) is 8.45. The minimum atomic E-state index is 0.761. The van der Waals surface area contributed by atoms with Gasteiger partial charge in [0.05, 0.1) is 5.69 Å². The molecule has 1 aliphatic carbocycles. The molecule has 1 unspecified atom stereocenters. The standard InChI is InChI=1S/C11H17N3/c1-8(10-3-4-10)7-14-11-9(2)12-5-6-13-11/h5-6,8,10H,3-4,7H2,1-2H3,(H,13,14). The van der Waals surface area contributed by atoms with E-state index in [1.807, 2.05) is 6.92 Å². The zero-order valence-electron chi connectivity index (χ0n) is 8.83. The van der Waals surface area contributed by atoms with Gasteiger partial charge in [-0.3, -0.25) is 4.98 Å². The molecule has 1 aromatic rings. The summed E-state index contributed by atoms with van der Waals surface area (Å²) in [6.45, 7) is 5.30. The van der Waals surface area contributed by atoms with E-state index in [4.69, 9.17) is 0 Å². The maximum atomic E-state index is 4.26. The van der Waals surface area contributed by atoms with Crippen molar-refractivity contribution in [1.82, 2.24) is 9.97 Å². The number of nitrogens with one attached hydrogen (secondary N) is 1. The number of aromatic nitrogens is 2. The number of rotatable bonds is 4. The first kappa shape index (κ1) is 9.44. The van der Waals surface area contributed by atoms with Crippen LogP contribution in [0.15, 0.2) is 12.4 Å². The highest BCUT2D eigenvalue weighted by Gasteiger charge is 2.27. The van der Waals surface area contributed by atoms with Crippen LogP contribution in [-0.4, -0.2) is 16.5 Å². The van der Waals surface area contributed by atoms with Gasteiger partial charge >= 0.3 is 0 Å². The molecule has 76 valence electrons. The number of nitrogens with zero attached hydrogens (tertiary/aromatic N) is 2. The highest BCUT2D eigenvalue weighted by atomic mass is 15.0. The van der Waals surface area contributed by atoms with E-state index in [0.717, 1.165) is 29.9 Å². The fraction of sp³-hybridized carbons (Fsp3) is 0.636. The number of anilines is 1. The first-order chi connectivity index (χ1) is 6.77. The highest BCUT2D eigenvalue weighted by Crippen LogP contribution is 2.36. The number of hydrogen-bond acceptors (Lipinski definition) is 3. The number of aryl methyl sites for hydroxylation is 1. The van der Waals surface area contributed by atoms with Crippen LogP contribution in [0.2, 0.25) is 0 Å². The Kier molecular flexibility index (Phi) is 2.66. The summed E-state index contributed by atoms with van der Waals surface area (Å²) < 4.78 is 0. The third kappa shape index (κ3) is 2.22. The van der Waals surface area contributed by atoms with Crippen molar-refractivity contribution in [3.63, 3.8) is 0 Å². The van der Waals surface area contributed by atoms with Crippen molar-refractivity contribution in [3.8, 4) is 0 Å². The van der Waals surface area contributed by atoms with Gasteiger partial charge in [-0.25, -0.2) is 4.98 Å². The van der Waals surface area contributed by atoms with Crippen molar-refractivity contribution in [2.75, 3.05) is 11.9 Å². The topological polar surface area (TPSA) is 37.8 Å². The molecule has 3 nitrogen and oxygen atoms in total. The zero-order valence-corrected chi connectivity index (χ0v) is 8.83. The van der Waals surface area contributed by atoms with Crippen LogP contribution in [0.5, 0.6) is 0 Å². The van der Waals surface area contributed by atoms with Crippen LogP contribution in [-0.2, 0) is 0 Å². The van der Waals surface area contributed by atoms with Gasteiger partial charge in [0, 0.05) is 18.9 Å². The molecule has 0 bridgehead atoms. The van der Waals surface area contributed by atoms with Crippen LogP contribution in [0.3, 0.4) is 0 Å². The monoisotopic (exact) mass is 191 g/mol. The van der Waals surface area contributed by atoms with Crippen LogP contribution in [0.4, 0.5) is 5.82 Å². The predicted octanol–water partition coefficient (Wildman–Crippen LogP) is 2.24. The molecule has 0 radical (unpaired) electrons. The van der Waals surface area contributed by atoms with E-state index in [1.165, 1.54) is 12.8 Å². The minimum absolute atomic E-state index is 0.761. The van der Waals surface area contributed by atoms with Gasteiger partial charge in [0.25, 0.3) is 0 Å². The van der Waals surface area contributed by atoms with Crippen LogP contribution >= 0.6 is 0 Å². The van der Waals surface area contributed by atoms with Gasteiger partial charge in [-0.1, -0.05) is 6.92 Å². The average molecular weight is 191 g/mol. The van der Waals surface area contributed by atoms with Gasteiger partial charge in [-0.05, 0) is 31.6 Å². The molecule has 1 fully saturated rings. The minimum Gasteiger partial charge on any atom is -0.368 e. The SMILES string of the molecule is Cc1nccnc1NCC(C)C1CC1. The Labute approximate surface area is 85.0 Å². The van der Waals surface area contributed by atoms with Gasteiger partial charge in [0.1, 0.15) is 5.82 Å². The van der Waals surface area contributed by atoms with E-state index < -0.39 is 0 Å². The first-order valence-electron chi connectivity index (χ1n) is 5.29. The summed E-state index contributed by atoms with van der Waals surface area (Å²) in [5.74, 6) is 2.64. The predicted molar refractivity (Wildman–Crippen MR) is 57.1 cm³/mol. The molecule has 1 saturated carbocycles. The smallest absolute Gasteiger partial charge is 0.147 e. The van der Waals surface area contributed by atoms with Gasteiger partial charge in [-0.15, -0.1) is 0 Å². The second kappa shape index (κ2) is 3.95. The van der Waals surface area contributed by atoms with Crippen molar-refractivity contribution < 1.29 is 0 Å². The summed E-state index contributed by atoms with van der Waals surface area (Å²) >= 11 is 0. The van der Waals surface area contributed by atoms with E-state index in [0.29, 0.717) is 0 Å². The number of hydrogen-bond donors (Lipinski definition) is 1. The summed E-state index contributed by atoms with van der Waals surface area (Å²) in [5.41, 5.74) is 0.982. The fourth-order valence-electron chi connectivity index (χ4n) is 1.67. The van der Waals surface area contributed by atoms with Crippen LogP contribution in [0, 0.1) is 18.8 Å². The van der Waals surface area contributed by atoms with Crippen molar-refractivity contribution in [1.29, 1.82) is 0 Å². The molecule has 0 aromatic carbocycles. The van der Waals surface area contributed by atoms with E-state index in [-0.39, 0.29) is 0 Å². The van der Waals surface area contributed by atoms with Crippen molar-refractivity contribution >= 4 is 5.82 Å². The molecule has 3 heteroatoms. The molecule has 2 rings (SSSR count). The van der Waals surface area contributed by atoms with Crippen LogP contribution < -0.4 is 5.32 Å². The van der Waals surface area contributed by atoms with Crippen molar-refractivity contribution in [2.24, 2.45) is 11.8 Å². The maximum absolute atomic E-state index is 4.26. The zero-order chi connectivity index (χ0) is 9.97. The van der Waals surface area contributed by atoms with Gasteiger partial charge < -0.3 is 5.32 Å². The summed E-state index contributed by atoms with van der Waals surface area (Å²) in [6, 6.07) is 0. The molecular formula is C11H17N3. The third-order valence-corrected chi connectivity index (χ3v) is 2.90. The second-order valence-corrected chi connectivity index (χ2v) is 4.19. The first-order valence-corrected chi connectivity index (χ1v) is 5.29. The van der Waals surface area contributed by atoms with Gasteiger partial charge in [0.15, 0.2) is 0 Å². The quantitative estimate of drug-likeness (QED) is 0.793. The average Bonchev–Trinajstić information content (AvgIpc) is 2.99. The Morgan fingerprint density at radius 2 is 2.14 bits per heavy atom. The van der Waals surface area contributed by atoms with Gasteiger partial charge in [0.2, 0.25) is 0 Å². The largest absolute Gasteiger partial charge is 0.368 e. The van der Waals surface area contributed by atoms with Crippen molar-refractivity contribution in [2.45, 2.75) is 26.7 Å². The molecule has 1 aromatic heterocycles. The normalized spacial score (nSPS) is 17.9. The van der Waals surface area contributed by atoms with E-state index in [1.54, 1.807) is 12.4 Å². The fourth-order valence-corrected chi connectivity index (χ4v) is 1.67. The molecule has 0 saturated heterocycles. The second-order valence-electron chi connectivity index (χ2n) is 4.19. The molecule has 1 aliphatic rings. The van der Waals surface area contributed by atoms with Crippen LogP contribution in [0.1, 0.15) is 25.5 Å². The third-order valence-electron chi connectivity index (χ3n) is 2.90. The lowest BCUT2D eigenvalue weighted by Gasteiger charge is -2.12. The van der Waals surface area contributed by atoms with Gasteiger partial charge in [-0.2, -0.15) is 0 Å². The lowest BCUT2D eigenvalue weighted by atomic mass is 10.1. The lowest BCUT2D eigenvalue weighted by Crippen LogP contribution is -2.14. The molecule has 14 heavy (non-hydrogen) atoms. The Morgan fingerprint density at radius 3 is 2.79 bits per heavy atom. The summed E-state index contributed by atoms with van der Waals surface area (Å²) in [5, 5.41) is 3.36. The summed E-state index contributed by atoms with van der Waals surface area (Å²) in [7, 11) is 0. The molecule has 0 amide bonds. The summed E-state index contributed by atoms with van der Waals surface area (Å²) in [6.07, 6.45) is 6.27. The van der Waals surface area contributed by atoms with Crippen molar-refractivity contribution in [3.05, 3.63) is 18.1 Å². The van der Waals surface area contributed by atoms with E-state index in [9.17, 15) is 0 Å². The lowest BCUT2D eigenvalue weighted by molar-refractivity contribution is 0.535. The Morgan fingerprint density at radius 1 is 1.43 bits per heavy atom.